The summed E-state index contributed by atoms with van der Waals surface area (Å²) < 4.78 is 11.2. The third-order valence-corrected chi connectivity index (χ3v) is 4.37. The van der Waals surface area contributed by atoms with Crippen LogP contribution in [-0.2, 0) is 0 Å². The molecule has 0 aliphatic carbocycles. The summed E-state index contributed by atoms with van der Waals surface area (Å²) in [6.45, 7) is 3.49. The van der Waals surface area contributed by atoms with Crippen molar-refractivity contribution in [2.75, 3.05) is 20.2 Å². The highest BCUT2D eigenvalue weighted by molar-refractivity contribution is 5.94. The first-order valence-electron chi connectivity index (χ1n) is 8.32. The molecule has 4 nitrogen and oxygen atoms in total. The van der Waals surface area contributed by atoms with Crippen molar-refractivity contribution in [1.29, 1.82) is 0 Å². The highest BCUT2D eigenvalue weighted by Gasteiger charge is 2.24. The van der Waals surface area contributed by atoms with Crippen LogP contribution in [0.5, 0.6) is 11.5 Å². The van der Waals surface area contributed by atoms with E-state index in [4.69, 9.17) is 9.47 Å². The van der Waals surface area contributed by atoms with Gasteiger partial charge >= 0.3 is 0 Å². The van der Waals surface area contributed by atoms with Crippen LogP contribution in [0.1, 0.15) is 28.8 Å². The fourth-order valence-corrected chi connectivity index (χ4v) is 2.92. The van der Waals surface area contributed by atoms with E-state index in [0.29, 0.717) is 24.4 Å². The molecule has 2 aromatic carbocycles. The van der Waals surface area contributed by atoms with Crippen molar-refractivity contribution in [3.8, 4) is 11.5 Å². The Labute approximate surface area is 143 Å². The molecule has 0 bridgehead atoms. The molecule has 0 N–H and O–H groups in total. The van der Waals surface area contributed by atoms with Gasteiger partial charge in [0.15, 0.2) is 0 Å². The van der Waals surface area contributed by atoms with Crippen molar-refractivity contribution < 1.29 is 14.3 Å². The second-order valence-electron chi connectivity index (χ2n) is 6.15. The molecular formula is C20H23NO3. The van der Waals surface area contributed by atoms with Crippen LogP contribution in [0.3, 0.4) is 0 Å². The molecule has 1 heterocycles. The van der Waals surface area contributed by atoms with Gasteiger partial charge in [-0.1, -0.05) is 23.8 Å². The van der Waals surface area contributed by atoms with Gasteiger partial charge in [-0.25, -0.2) is 0 Å². The lowest BCUT2D eigenvalue weighted by Gasteiger charge is -2.32. The molecule has 1 aliphatic heterocycles. The number of carbonyl (C=O) groups is 1. The molecule has 0 spiro atoms. The summed E-state index contributed by atoms with van der Waals surface area (Å²) in [5.41, 5.74) is 1.90. The number of aryl methyl sites for hydroxylation is 1. The number of methoxy groups -OCH3 is 1. The van der Waals surface area contributed by atoms with Gasteiger partial charge in [0.2, 0.25) is 0 Å². The van der Waals surface area contributed by atoms with Gasteiger partial charge in [0.1, 0.15) is 17.6 Å². The van der Waals surface area contributed by atoms with E-state index in [-0.39, 0.29) is 12.0 Å². The molecule has 1 amide bonds. The van der Waals surface area contributed by atoms with Crippen LogP contribution in [0.15, 0.2) is 48.5 Å². The van der Waals surface area contributed by atoms with Crippen molar-refractivity contribution >= 4 is 5.91 Å². The predicted molar refractivity (Wildman–Crippen MR) is 93.7 cm³/mol. The van der Waals surface area contributed by atoms with Gasteiger partial charge in [-0.2, -0.15) is 0 Å². The number of piperidine rings is 1. The maximum absolute atomic E-state index is 12.6. The van der Waals surface area contributed by atoms with Crippen LogP contribution in [0, 0.1) is 6.92 Å². The number of carbonyl (C=O) groups excluding carboxylic acids is 1. The van der Waals surface area contributed by atoms with E-state index in [2.05, 4.69) is 19.1 Å². The number of amides is 1. The van der Waals surface area contributed by atoms with E-state index >= 15 is 0 Å². The highest BCUT2D eigenvalue weighted by Crippen LogP contribution is 2.21. The topological polar surface area (TPSA) is 38.8 Å². The number of hydrogen-bond donors (Lipinski definition) is 0. The second kappa shape index (κ2) is 7.39. The number of hydrogen-bond acceptors (Lipinski definition) is 3. The Bertz CT molecular complexity index is 688. The van der Waals surface area contributed by atoms with Crippen LogP contribution in [-0.4, -0.2) is 37.1 Å². The van der Waals surface area contributed by atoms with Gasteiger partial charge in [0, 0.05) is 31.5 Å². The zero-order valence-electron chi connectivity index (χ0n) is 14.2. The van der Waals surface area contributed by atoms with Crippen molar-refractivity contribution in [3.05, 3.63) is 59.7 Å². The van der Waals surface area contributed by atoms with Crippen LogP contribution in [0.25, 0.3) is 0 Å². The maximum atomic E-state index is 12.6. The Morgan fingerprint density at radius 3 is 2.42 bits per heavy atom. The van der Waals surface area contributed by atoms with E-state index in [1.54, 1.807) is 13.2 Å². The maximum Gasteiger partial charge on any atom is 0.253 e. The molecule has 126 valence electrons. The Morgan fingerprint density at radius 1 is 1.04 bits per heavy atom. The average molecular weight is 325 g/mol. The molecule has 1 fully saturated rings. The molecular weight excluding hydrogens is 302 g/mol. The summed E-state index contributed by atoms with van der Waals surface area (Å²) in [5.74, 6) is 1.67. The lowest BCUT2D eigenvalue weighted by molar-refractivity contribution is 0.0595. The number of likely N-dealkylation sites (tertiary alicyclic amines) is 1. The first kappa shape index (κ1) is 16.4. The zero-order chi connectivity index (χ0) is 16.9. The number of ether oxygens (including phenoxy) is 2. The summed E-state index contributed by atoms with van der Waals surface area (Å²) in [6.07, 6.45) is 1.87. The number of rotatable bonds is 4. The average Bonchev–Trinajstić information content (AvgIpc) is 2.64. The van der Waals surface area contributed by atoms with Crippen LogP contribution in [0.2, 0.25) is 0 Å². The third-order valence-electron chi connectivity index (χ3n) is 4.37. The first-order valence-corrected chi connectivity index (χ1v) is 8.32. The van der Waals surface area contributed by atoms with Gasteiger partial charge in [-0.3, -0.25) is 4.79 Å². The van der Waals surface area contributed by atoms with E-state index in [9.17, 15) is 4.79 Å². The SMILES string of the molecule is COc1cccc(C(=O)N2CCC(Oc3ccc(C)cc3)CC2)c1. The van der Waals surface area contributed by atoms with Crippen molar-refractivity contribution in [2.45, 2.75) is 25.9 Å². The van der Waals surface area contributed by atoms with Crippen molar-refractivity contribution in [2.24, 2.45) is 0 Å². The van der Waals surface area contributed by atoms with Crippen LogP contribution in [0.4, 0.5) is 0 Å². The molecule has 0 atom stereocenters. The Morgan fingerprint density at radius 2 is 1.75 bits per heavy atom. The molecule has 1 saturated heterocycles. The molecule has 1 aliphatic rings. The predicted octanol–water partition coefficient (Wildman–Crippen LogP) is 3.69. The summed E-state index contributed by atoms with van der Waals surface area (Å²) in [5, 5.41) is 0. The molecule has 24 heavy (non-hydrogen) atoms. The quantitative estimate of drug-likeness (QED) is 0.860. The van der Waals surface area contributed by atoms with Gasteiger partial charge < -0.3 is 14.4 Å². The normalized spacial score (nSPS) is 15.2. The van der Waals surface area contributed by atoms with Gasteiger partial charge in [0.05, 0.1) is 7.11 Å². The smallest absolute Gasteiger partial charge is 0.253 e. The van der Waals surface area contributed by atoms with Gasteiger partial charge in [-0.05, 0) is 37.3 Å². The third kappa shape index (κ3) is 3.88. The fourth-order valence-electron chi connectivity index (χ4n) is 2.92. The van der Waals surface area contributed by atoms with Crippen molar-refractivity contribution in [1.82, 2.24) is 4.90 Å². The molecule has 0 saturated carbocycles. The van der Waals surface area contributed by atoms with Gasteiger partial charge in [-0.15, -0.1) is 0 Å². The minimum atomic E-state index is 0.0580. The number of benzene rings is 2. The first-order chi connectivity index (χ1) is 11.7. The van der Waals surface area contributed by atoms with E-state index in [0.717, 1.165) is 18.6 Å². The van der Waals surface area contributed by atoms with E-state index < -0.39 is 0 Å². The fraction of sp³-hybridized carbons (Fsp3) is 0.350. The molecule has 0 aromatic heterocycles. The standard InChI is InChI=1S/C20H23NO3/c1-15-6-8-17(9-7-15)24-18-10-12-21(13-11-18)20(22)16-4-3-5-19(14-16)23-2/h3-9,14,18H,10-13H2,1-2H3. The summed E-state index contributed by atoms with van der Waals surface area (Å²) in [4.78, 5) is 14.5. The second-order valence-corrected chi connectivity index (χ2v) is 6.15. The largest absolute Gasteiger partial charge is 0.497 e. The Balaban J connectivity index is 1.56. The summed E-state index contributed by atoms with van der Waals surface area (Å²) in [7, 11) is 1.61. The minimum absolute atomic E-state index is 0.0580. The number of nitrogens with zero attached hydrogens (tertiary/aromatic N) is 1. The van der Waals surface area contributed by atoms with Crippen LogP contribution < -0.4 is 9.47 Å². The minimum Gasteiger partial charge on any atom is -0.497 e. The Hall–Kier alpha value is -2.49. The van der Waals surface area contributed by atoms with Gasteiger partial charge in [0.25, 0.3) is 5.91 Å². The lowest BCUT2D eigenvalue weighted by Crippen LogP contribution is -2.41. The molecule has 2 aromatic rings. The monoisotopic (exact) mass is 325 g/mol. The highest BCUT2D eigenvalue weighted by atomic mass is 16.5. The van der Waals surface area contributed by atoms with E-state index in [1.807, 2.05) is 35.2 Å². The van der Waals surface area contributed by atoms with Crippen LogP contribution >= 0.6 is 0 Å². The zero-order valence-corrected chi connectivity index (χ0v) is 14.2. The summed E-state index contributed by atoms with van der Waals surface area (Å²) in [6, 6.07) is 15.4. The van der Waals surface area contributed by atoms with Crippen molar-refractivity contribution in [3.63, 3.8) is 0 Å². The van der Waals surface area contributed by atoms with E-state index in [1.165, 1.54) is 5.56 Å². The summed E-state index contributed by atoms with van der Waals surface area (Å²) >= 11 is 0. The Kier molecular flexibility index (Phi) is 5.04. The molecule has 0 radical (unpaired) electrons. The molecule has 3 rings (SSSR count). The molecule has 0 unspecified atom stereocenters. The molecule has 4 heteroatoms. The lowest BCUT2D eigenvalue weighted by atomic mass is 10.1.